The summed E-state index contributed by atoms with van der Waals surface area (Å²) in [4.78, 5) is 15.2. The van der Waals surface area contributed by atoms with Crippen LogP contribution in [0.15, 0.2) is 47.4 Å². The molecule has 0 radical (unpaired) electrons. The summed E-state index contributed by atoms with van der Waals surface area (Å²) in [6.07, 6.45) is 4.51. The predicted octanol–water partition coefficient (Wildman–Crippen LogP) is 4.50. The summed E-state index contributed by atoms with van der Waals surface area (Å²) < 4.78 is 27.9. The summed E-state index contributed by atoms with van der Waals surface area (Å²) in [7, 11) is -3.62. The molecular weight excluding hydrogens is 408 g/mol. The molecule has 1 amide bonds. The molecule has 0 spiro atoms. The Morgan fingerprint density at radius 3 is 2.69 bits per heavy atom. The van der Waals surface area contributed by atoms with E-state index in [1.54, 1.807) is 33.5 Å². The number of piperidine rings is 1. The lowest BCUT2D eigenvalue weighted by atomic mass is 10.0. The van der Waals surface area contributed by atoms with Crippen molar-refractivity contribution in [3.8, 4) is 0 Å². The Morgan fingerprint density at radius 1 is 1.07 bits per heavy atom. The Bertz CT molecular complexity index is 1040. The Hall–Kier alpha value is -1.89. The molecule has 0 aliphatic carbocycles. The number of rotatable bonds is 3. The molecule has 0 saturated carbocycles. The maximum absolute atomic E-state index is 13.3. The van der Waals surface area contributed by atoms with Gasteiger partial charge in [-0.05, 0) is 74.6 Å². The highest BCUT2D eigenvalue weighted by Crippen LogP contribution is 2.31. The largest absolute Gasteiger partial charge is 0.308 e. The molecule has 1 fully saturated rings. The van der Waals surface area contributed by atoms with Gasteiger partial charge in [-0.2, -0.15) is 4.31 Å². The van der Waals surface area contributed by atoms with E-state index in [9.17, 15) is 13.2 Å². The molecule has 4 rings (SSSR count). The van der Waals surface area contributed by atoms with Crippen molar-refractivity contribution in [2.75, 3.05) is 18.0 Å². The molecule has 2 heterocycles. The third-order valence-electron chi connectivity index (χ3n) is 5.83. The van der Waals surface area contributed by atoms with Gasteiger partial charge < -0.3 is 4.90 Å². The van der Waals surface area contributed by atoms with Crippen LogP contribution in [0.2, 0.25) is 5.02 Å². The summed E-state index contributed by atoms with van der Waals surface area (Å²) in [6, 6.07) is 12.0. The number of carbonyl (C=O) groups excluding carboxylic acids is 1. The van der Waals surface area contributed by atoms with Crippen molar-refractivity contribution in [1.82, 2.24) is 4.31 Å². The van der Waals surface area contributed by atoms with Gasteiger partial charge in [-0.25, -0.2) is 8.42 Å². The molecule has 1 unspecified atom stereocenters. The van der Waals surface area contributed by atoms with Crippen molar-refractivity contribution in [3.63, 3.8) is 0 Å². The topological polar surface area (TPSA) is 57.7 Å². The second-order valence-electron chi connectivity index (χ2n) is 7.82. The second-order valence-corrected chi connectivity index (χ2v) is 10.1. The predicted molar refractivity (Wildman–Crippen MR) is 115 cm³/mol. The normalized spacial score (nSPS) is 20.3. The molecule has 2 aliphatic heterocycles. The van der Waals surface area contributed by atoms with Crippen LogP contribution in [0.4, 0.5) is 5.69 Å². The van der Waals surface area contributed by atoms with E-state index in [2.05, 4.69) is 0 Å². The van der Waals surface area contributed by atoms with Crippen LogP contribution in [0.5, 0.6) is 0 Å². The van der Waals surface area contributed by atoms with Crippen molar-refractivity contribution in [2.45, 2.75) is 50.0 Å². The Labute approximate surface area is 177 Å². The number of hydrogen-bond donors (Lipinski definition) is 0. The van der Waals surface area contributed by atoms with Crippen LogP contribution in [0.1, 0.15) is 48.5 Å². The van der Waals surface area contributed by atoms with Crippen LogP contribution in [0, 0.1) is 0 Å². The minimum absolute atomic E-state index is 0.0215. The second kappa shape index (κ2) is 8.09. The van der Waals surface area contributed by atoms with E-state index in [0.29, 0.717) is 23.7 Å². The van der Waals surface area contributed by atoms with E-state index in [0.717, 1.165) is 43.4 Å². The van der Waals surface area contributed by atoms with Crippen LogP contribution >= 0.6 is 11.6 Å². The molecule has 0 N–H and O–H groups in total. The molecule has 2 aromatic carbocycles. The minimum atomic E-state index is -3.62. The van der Waals surface area contributed by atoms with Gasteiger partial charge in [0.1, 0.15) is 0 Å². The molecular formula is C22H25ClN2O3S. The summed E-state index contributed by atoms with van der Waals surface area (Å²) in [6.45, 7) is 3.08. The number of benzene rings is 2. The fourth-order valence-corrected chi connectivity index (χ4v) is 6.23. The first-order valence-electron chi connectivity index (χ1n) is 10.1. The van der Waals surface area contributed by atoms with Crippen molar-refractivity contribution >= 4 is 33.2 Å². The molecule has 2 aliphatic rings. The molecule has 0 bridgehead atoms. The molecule has 7 heteroatoms. The van der Waals surface area contributed by atoms with Gasteiger partial charge in [-0.1, -0.05) is 24.1 Å². The van der Waals surface area contributed by atoms with Crippen molar-refractivity contribution in [2.24, 2.45) is 0 Å². The fraction of sp³-hybridized carbons (Fsp3) is 0.409. The summed E-state index contributed by atoms with van der Waals surface area (Å²) in [5.74, 6) is -0.183. The van der Waals surface area contributed by atoms with Crippen molar-refractivity contribution < 1.29 is 13.2 Å². The quantitative estimate of drug-likeness (QED) is 0.717. The van der Waals surface area contributed by atoms with Gasteiger partial charge in [-0.15, -0.1) is 0 Å². The van der Waals surface area contributed by atoms with Gasteiger partial charge in [0, 0.05) is 35.4 Å². The maximum Gasteiger partial charge on any atom is 0.258 e. The molecule has 154 valence electrons. The summed E-state index contributed by atoms with van der Waals surface area (Å²) in [5.41, 5.74) is 2.28. The first-order valence-corrected chi connectivity index (χ1v) is 11.9. The van der Waals surface area contributed by atoms with Crippen LogP contribution in [0.3, 0.4) is 0 Å². The van der Waals surface area contributed by atoms with Gasteiger partial charge in [0.05, 0.1) is 4.90 Å². The molecule has 1 atom stereocenters. The van der Waals surface area contributed by atoms with E-state index in [1.807, 2.05) is 19.1 Å². The zero-order valence-electron chi connectivity index (χ0n) is 16.5. The van der Waals surface area contributed by atoms with E-state index in [4.69, 9.17) is 11.6 Å². The van der Waals surface area contributed by atoms with Gasteiger partial charge in [-0.3, -0.25) is 4.79 Å². The summed E-state index contributed by atoms with van der Waals surface area (Å²) in [5, 5.41) is 0.654. The molecule has 2 aromatic rings. The lowest BCUT2D eigenvalue weighted by molar-refractivity contribution is 0.0985. The van der Waals surface area contributed by atoms with Crippen LogP contribution < -0.4 is 4.90 Å². The first kappa shape index (κ1) is 20.4. The minimum Gasteiger partial charge on any atom is -0.308 e. The molecule has 1 saturated heterocycles. The number of anilines is 1. The molecule has 29 heavy (non-hydrogen) atoms. The van der Waals surface area contributed by atoms with Crippen LogP contribution in [0.25, 0.3) is 0 Å². The molecule has 0 aromatic heterocycles. The molecule has 5 nitrogen and oxygen atoms in total. The van der Waals surface area contributed by atoms with Crippen LogP contribution in [-0.2, 0) is 16.4 Å². The lowest BCUT2D eigenvalue weighted by Gasteiger charge is -2.32. The average Bonchev–Trinajstić information content (AvgIpc) is 2.73. The third kappa shape index (κ3) is 3.93. The highest BCUT2D eigenvalue weighted by molar-refractivity contribution is 7.89. The Balaban J connectivity index is 1.65. The standard InChI is InChI=1S/C22H25ClN2O3S/c1-16-6-2-3-13-25(16)29(27,28)20-9-4-7-18(15-20)22(26)24-12-5-8-17-14-19(23)10-11-21(17)24/h4,7,9-11,14-16H,2-3,5-6,8,12-13H2,1H3. The van der Waals surface area contributed by atoms with Gasteiger partial charge in [0.15, 0.2) is 0 Å². The highest BCUT2D eigenvalue weighted by Gasteiger charge is 2.32. The lowest BCUT2D eigenvalue weighted by Crippen LogP contribution is -2.42. The summed E-state index contributed by atoms with van der Waals surface area (Å²) >= 11 is 6.10. The first-order chi connectivity index (χ1) is 13.9. The van der Waals surface area contributed by atoms with E-state index >= 15 is 0 Å². The number of aryl methyl sites for hydroxylation is 1. The number of carbonyl (C=O) groups is 1. The number of amides is 1. The highest BCUT2D eigenvalue weighted by atomic mass is 35.5. The number of sulfonamides is 1. The van der Waals surface area contributed by atoms with Gasteiger partial charge >= 0.3 is 0 Å². The van der Waals surface area contributed by atoms with E-state index in [1.165, 1.54) is 6.07 Å². The number of hydrogen-bond acceptors (Lipinski definition) is 3. The van der Waals surface area contributed by atoms with E-state index < -0.39 is 10.0 Å². The van der Waals surface area contributed by atoms with Gasteiger partial charge in [0.2, 0.25) is 10.0 Å². The van der Waals surface area contributed by atoms with Gasteiger partial charge in [0.25, 0.3) is 5.91 Å². The maximum atomic E-state index is 13.3. The monoisotopic (exact) mass is 432 g/mol. The Kier molecular flexibility index (Phi) is 5.69. The van der Waals surface area contributed by atoms with Crippen molar-refractivity contribution in [1.29, 1.82) is 0 Å². The van der Waals surface area contributed by atoms with Crippen LogP contribution in [-0.4, -0.2) is 37.8 Å². The zero-order valence-corrected chi connectivity index (χ0v) is 18.0. The van der Waals surface area contributed by atoms with E-state index in [-0.39, 0.29) is 16.8 Å². The number of halogens is 1. The third-order valence-corrected chi connectivity index (χ3v) is 8.08. The average molecular weight is 433 g/mol. The Morgan fingerprint density at radius 2 is 1.90 bits per heavy atom. The number of nitrogens with zero attached hydrogens (tertiary/aromatic N) is 2. The number of fused-ring (bicyclic) bond motifs is 1. The SMILES string of the molecule is CC1CCCCN1S(=O)(=O)c1cccc(C(=O)N2CCCc3cc(Cl)ccc32)c1. The zero-order chi connectivity index (χ0) is 20.6. The van der Waals surface area contributed by atoms with Crippen molar-refractivity contribution in [3.05, 3.63) is 58.6 Å². The fourth-order valence-electron chi connectivity index (χ4n) is 4.29. The smallest absolute Gasteiger partial charge is 0.258 e.